The van der Waals surface area contributed by atoms with Crippen LogP contribution in [-0.4, -0.2) is 9.97 Å². The van der Waals surface area contributed by atoms with E-state index in [1.54, 1.807) is 6.20 Å². The van der Waals surface area contributed by atoms with Crippen LogP contribution in [0.25, 0.3) is 0 Å². The van der Waals surface area contributed by atoms with Gasteiger partial charge in [-0.3, -0.25) is 0 Å². The lowest BCUT2D eigenvalue weighted by Gasteiger charge is -2.13. The monoisotopic (exact) mass is 351 g/mol. The Hall–Kier alpha value is -1.15. The van der Waals surface area contributed by atoms with Crippen LogP contribution < -0.4 is 5.32 Å². The van der Waals surface area contributed by atoms with Crippen molar-refractivity contribution in [3.8, 4) is 0 Å². The Morgan fingerprint density at radius 3 is 2.63 bits per heavy atom. The number of alkyl halides is 3. The maximum absolute atomic E-state index is 12.8. The Morgan fingerprint density at radius 2 is 2.05 bits per heavy atom. The number of halogens is 4. The minimum Gasteiger partial charge on any atom is -0.365 e. The van der Waals surface area contributed by atoms with Crippen molar-refractivity contribution in [3.05, 3.63) is 38.4 Å². The summed E-state index contributed by atoms with van der Waals surface area (Å²) in [5.74, 6) is -0.179. The van der Waals surface area contributed by atoms with E-state index in [0.717, 1.165) is 16.0 Å². The van der Waals surface area contributed by atoms with Gasteiger partial charge >= 0.3 is 6.18 Å². The van der Waals surface area contributed by atoms with E-state index in [0.29, 0.717) is 4.47 Å². The zero-order valence-corrected chi connectivity index (χ0v) is 12.2. The zero-order chi connectivity index (χ0) is 14.0. The molecule has 0 aliphatic heterocycles. The molecular formula is C11H9BrF3N3S. The highest BCUT2D eigenvalue weighted by Gasteiger charge is 2.34. The summed E-state index contributed by atoms with van der Waals surface area (Å²) in [7, 11) is 0. The van der Waals surface area contributed by atoms with E-state index >= 15 is 0 Å². The molecule has 0 aromatic carbocycles. The molecule has 2 rings (SSSR count). The van der Waals surface area contributed by atoms with Gasteiger partial charge in [-0.15, -0.1) is 11.3 Å². The molecule has 102 valence electrons. The zero-order valence-electron chi connectivity index (χ0n) is 9.75. The number of hydrogen-bond donors (Lipinski definition) is 1. The summed E-state index contributed by atoms with van der Waals surface area (Å²) >= 11 is 4.42. The van der Waals surface area contributed by atoms with Crippen molar-refractivity contribution >= 4 is 33.1 Å². The minimum absolute atomic E-state index is 0.179. The van der Waals surface area contributed by atoms with Crippen LogP contribution >= 0.6 is 27.3 Å². The second-order valence-corrected chi connectivity index (χ2v) is 5.98. The van der Waals surface area contributed by atoms with Gasteiger partial charge in [-0.05, 0) is 28.9 Å². The highest BCUT2D eigenvalue weighted by molar-refractivity contribution is 9.10. The second-order valence-electron chi connectivity index (χ2n) is 3.75. The summed E-state index contributed by atoms with van der Waals surface area (Å²) < 4.78 is 38.8. The molecule has 2 aromatic rings. The van der Waals surface area contributed by atoms with Crippen LogP contribution in [0, 0.1) is 6.92 Å². The van der Waals surface area contributed by atoms with E-state index in [2.05, 4.69) is 31.2 Å². The number of nitrogens with zero attached hydrogens (tertiary/aromatic N) is 2. The van der Waals surface area contributed by atoms with Crippen molar-refractivity contribution in [2.75, 3.05) is 5.32 Å². The predicted molar refractivity (Wildman–Crippen MR) is 71.1 cm³/mol. The standard InChI is InChI=1S/C11H9BrF3N3S/c1-6-16-4-8(19-6)5-18-10-9(11(13,14)15)2-7(12)3-17-10/h2-4H,5H2,1H3,(H,17,18). The molecule has 1 N–H and O–H groups in total. The van der Waals surface area contributed by atoms with Crippen LogP contribution in [-0.2, 0) is 12.7 Å². The van der Waals surface area contributed by atoms with Crippen LogP contribution in [0.5, 0.6) is 0 Å². The van der Waals surface area contributed by atoms with Gasteiger partial charge in [-0.1, -0.05) is 0 Å². The average Bonchev–Trinajstić information content (AvgIpc) is 2.72. The maximum Gasteiger partial charge on any atom is 0.419 e. The molecule has 3 nitrogen and oxygen atoms in total. The summed E-state index contributed by atoms with van der Waals surface area (Å²) in [6, 6.07) is 1.01. The fraction of sp³-hybridized carbons (Fsp3) is 0.273. The molecule has 0 atom stereocenters. The van der Waals surface area contributed by atoms with Gasteiger partial charge in [0.1, 0.15) is 5.82 Å². The van der Waals surface area contributed by atoms with Crippen LogP contribution in [0.1, 0.15) is 15.4 Å². The van der Waals surface area contributed by atoms with Crippen molar-refractivity contribution in [3.63, 3.8) is 0 Å². The van der Waals surface area contributed by atoms with Gasteiger partial charge in [-0.25, -0.2) is 9.97 Å². The number of hydrogen-bond acceptors (Lipinski definition) is 4. The third kappa shape index (κ3) is 3.66. The first-order valence-electron chi connectivity index (χ1n) is 5.24. The largest absolute Gasteiger partial charge is 0.419 e. The predicted octanol–water partition coefficient (Wildman–Crippen LogP) is 4.24. The summed E-state index contributed by atoms with van der Waals surface area (Å²) in [5, 5.41) is 3.57. The Kier molecular flexibility index (Phi) is 4.10. The van der Waals surface area contributed by atoms with Gasteiger partial charge in [-0.2, -0.15) is 13.2 Å². The summed E-state index contributed by atoms with van der Waals surface area (Å²) in [4.78, 5) is 8.67. The molecule has 0 saturated heterocycles. The number of aryl methyl sites for hydroxylation is 1. The molecule has 8 heteroatoms. The lowest BCUT2D eigenvalue weighted by Crippen LogP contribution is -2.12. The number of aromatic nitrogens is 2. The third-order valence-corrected chi connectivity index (χ3v) is 3.61. The molecule has 0 radical (unpaired) electrons. The van der Waals surface area contributed by atoms with Gasteiger partial charge < -0.3 is 5.32 Å². The molecule has 0 bridgehead atoms. The van der Waals surface area contributed by atoms with E-state index < -0.39 is 11.7 Å². The van der Waals surface area contributed by atoms with Crippen molar-refractivity contribution in [2.45, 2.75) is 19.6 Å². The Balaban J connectivity index is 2.20. The summed E-state index contributed by atoms with van der Waals surface area (Å²) in [6.45, 7) is 2.11. The van der Waals surface area contributed by atoms with Gasteiger partial charge in [0.25, 0.3) is 0 Å². The molecule has 19 heavy (non-hydrogen) atoms. The van der Waals surface area contributed by atoms with Crippen LogP contribution in [0.15, 0.2) is 22.9 Å². The highest BCUT2D eigenvalue weighted by atomic mass is 79.9. The van der Waals surface area contributed by atoms with Gasteiger partial charge in [0.05, 0.1) is 17.1 Å². The first-order chi connectivity index (χ1) is 8.86. The number of anilines is 1. The topological polar surface area (TPSA) is 37.8 Å². The smallest absolute Gasteiger partial charge is 0.365 e. The third-order valence-electron chi connectivity index (χ3n) is 2.26. The van der Waals surface area contributed by atoms with Crippen molar-refractivity contribution in [1.82, 2.24) is 9.97 Å². The number of pyridine rings is 1. The Bertz CT molecular complexity index is 583. The van der Waals surface area contributed by atoms with Crippen LogP contribution in [0.3, 0.4) is 0 Å². The number of rotatable bonds is 3. The summed E-state index contributed by atoms with van der Waals surface area (Å²) in [6.07, 6.45) is -1.47. The highest BCUT2D eigenvalue weighted by Crippen LogP contribution is 2.35. The Labute approximate surface area is 120 Å². The summed E-state index contributed by atoms with van der Waals surface area (Å²) in [5.41, 5.74) is -0.789. The molecule has 0 aliphatic rings. The molecule has 0 fully saturated rings. The lowest BCUT2D eigenvalue weighted by molar-refractivity contribution is -0.137. The van der Waals surface area contributed by atoms with E-state index in [-0.39, 0.29) is 12.4 Å². The van der Waals surface area contributed by atoms with Crippen LogP contribution in [0.4, 0.5) is 19.0 Å². The normalized spacial score (nSPS) is 11.6. The first-order valence-corrected chi connectivity index (χ1v) is 6.85. The van der Waals surface area contributed by atoms with Crippen molar-refractivity contribution in [2.24, 2.45) is 0 Å². The van der Waals surface area contributed by atoms with E-state index in [9.17, 15) is 13.2 Å². The Morgan fingerprint density at radius 1 is 1.32 bits per heavy atom. The van der Waals surface area contributed by atoms with E-state index in [1.807, 2.05) is 6.92 Å². The molecule has 0 amide bonds. The second kappa shape index (κ2) is 5.46. The molecular weight excluding hydrogens is 343 g/mol. The molecule has 0 spiro atoms. The molecule has 2 heterocycles. The minimum atomic E-state index is -4.44. The maximum atomic E-state index is 12.8. The fourth-order valence-electron chi connectivity index (χ4n) is 1.45. The molecule has 0 aliphatic carbocycles. The number of nitrogens with one attached hydrogen (secondary N) is 1. The quantitative estimate of drug-likeness (QED) is 0.898. The fourth-order valence-corrected chi connectivity index (χ4v) is 2.52. The molecule has 0 saturated carbocycles. The van der Waals surface area contributed by atoms with Crippen molar-refractivity contribution in [1.29, 1.82) is 0 Å². The van der Waals surface area contributed by atoms with Gasteiger partial charge in [0, 0.05) is 21.7 Å². The lowest BCUT2D eigenvalue weighted by atomic mass is 10.2. The van der Waals surface area contributed by atoms with Crippen molar-refractivity contribution < 1.29 is 13.2 Å². The SMILES string of the molecule is Cc1ncc(CNc2ncc(Br)cc2C(F)(F)F)s1. The molecule has 2 aromatic heterocycles. The average molecular weight is 352 g/mol. The van der Waals surface area contributed by atoms with E-state index in [4.69, 9.17) is 0 Å². The first kappa shape index (κ1) is 14.3. The van der Waals surface area contributed by atoms with Gasteiger partial charge in [0.2, 0.25) is 0 Å². The number of thiazole rings is 1. The van der Waals surface area contributed by atoms with Gasteiger partial charge in [0.15, 0.2) is 0 Å². The van der Waals surface area contributed by atoms with Crippen LogP contribution in [0.2, 0.25) is 0 Å². The molecule has 0 unspecified atom stereocenters. The van der Waals surface area contributed by atoms with E-state index in [1.165, 1.54) is 17.5 Å².